The molecule has 0 aliphatic heterocycles. The maximum Gasteiger partial charge on any atom is 0.0931 e. The number of benzene rings is 1. The summed E-state index contributed by atoms with van der Waals surface area (Å²) in [4.78, 5) is 4.24. The average molecular weight is 219 g/mol. The van der Waals surface area contributed by atoms with Crippen molar-refractivity contribution >= 4 is 11.3 Å². The maximum absolute atomic E-state index is 9.36. The number of thiazole rings is 1. The Morgan fingerprint density at radius 1 is 1.27 bits per heavy atom. The molecule has 0 amide bonds. The molecule has 0 aliphatic rings. The first-order valence-corrected chi connectivity index (χ1v) is 5.82. The standard InChI is InChI=1S/C12H13NOS/c14-9-11(8-12-13-6-7-15-12)10-4-2-1-3-5-10/h1-7,11,14H,8-9H2. The SMILES string of the molecule is OCC(Cc1nccs1)c1ccccc1. The lowest BCUT2D eigenvalue weighted by Crippen LogP contribution is -2.07. The third kappa shape index (κ3) is 2.64. The van der Waals surface area contributed by atoms with Gasteiger partial charge >= 0.3 is 0 Å². The van der Waals surface area contributed by atoms with Crippen molar-refractivity contribution in [3.63, 3.8) is 0 Å². The maximum atomic E-state index is 9.36. The van der Waals surface area contributed by atoms with E-state index in [0.717, 1.165) is 11.4 Å². The van der Waals surface area contributed by atoms with E-state index in [4.69, 9.17) is 0 Å². The van der Waals surface area contributed by atoms with Crippen molar-refractivity contribution in [2.24, 2.45) is 0 Å². The van der Waals surface area contributed by atoms with Gasteiger partial charge in [-0.15, -0.1) is 11.3 Å². The predicted molar refractivity (Wildman–Crippen MR) is 62.1 cm³/mol. The Bertz CT molecular complexity index is 385. The van der Waals surface area contributed by atoms with Gasteiger partial charge in [-0.25, -0.2) is 4.98 Å². The van der Waals surface area contributed by atoms with Crippen LogP contribution >= 0.6 is 11.3 Å². The van der Waals surface area contributed by atoms with E-state index in [2.05, 4.69) is 17.1 Å². The molecule has 1 aromatic heterocycles. The molecule has 0 saturated carbocycles. The van der Waals surface area contributed by atoms with Gasteiger partial charge in [-0.05, 0) is 5.56 Å². The molecule has 2 aromatic rings. The first-order chi connectivity index (χ1) is 7.40. The molecule has 15 heavy (non-hydrogen) atoms. The smallest absolute Gasteiger partial charge is 0.0931 e. The first kappa shape index (κ1) is 10.3. The molecule has 0 fully saturated rings. The third-order valence-electron chi connectivity index (χ3n) is 2.40. The van der Waals surface area contributed by atoms with Crippen LogP contribution in [0.15, 0.2) is 41.9 Å². The number of hydrogen-bond acceptors (Lipinski definition) is 3. The molecule has 2 rings (SSSR count). The second-order valence-electron chi connectivity index (χ2n) is 3.42. The summed E-state index contributed by atoms with van der Waals surface area (Å²) in [5, 5.41) is 12.4. The molecule has 1 atom stereocenters. The monoisotopic (exact) mass is 219 g/mol. The molecule has 1 heterocycles. The predicted octanol–water partition coefficient (Wildman–Crippen LogP) is 2.46. The Balaban J connectivity index is 2.12. The summed E-state index contributed by atoms with van der Waals surface area (Å²) in [6.45, 7) is 0.170. The number of aromatic nitrogens is 1. The highest BCUT2D eigenvalue weighted by molar-refractivity contribution is 7.09. The highest BCUT2D eigenvalue weighted by Gasteiger charge is 2.11. The highest BCUT2D eigenvalue weighted by atomic mass is 32.1. The van der Waals surface area contributed by atoms with Gasteiger partial charge in [0.05, 0.1) is 11.6 Å². The van der Waals surface area contributed by atoms with Gasteiger partial charge in [-0.3, -0.25) is 0 Å². The van der Waals surface area contributed by atoms with Crippen LogP contribution in [0.5, 0.6) is 0 Å². The van der Waals surface area contributed by atoms with Crippen LogP contribution in [0.4, 0.5) is 0 Å². The zero-order valence-electron chi connectivity index (χ0n) is 8.34. The fourth-order valence-electron chi connectivity index (χ4n) is 1.58. The zero-order valence-corrected chi connectivity index (χ0v) is 9.15. The van der Waals surface area contributed by atoms with Crippen LogP contribution in [-0.4, -0.2) is 16.7 Å². The van der Waals surface area contributed by atoms with Crippen LogP contribution < -0.4 is 0 Å². The molecule has 0 saturated heterocycles. The molecule has 2 nitrogen and oxygen atoms in total. The molecule has 0 aliphatic carbocycles. The fraction of sp³-hybridized carbons (Fsp3) is 0.250. The van der Waals surface area contributed by atoms with Crippen LogP contribution in [0.3, 0.4) is 0 Å². The van der Waals surface area contributed by atoms with Crippen molar-refractivity contribution < 1.29 is 5.11 Å². The van der Waals surface area contributed by atoms with Gasteiger partial charge in [0, 0.05) is 23.9 Å². The van der Waals surface area contributed by atoms with Crippen molar-refractivity contribution in [2.45, 2.75) is 12.3 Å². The quantitative estimate of drug-likeness (QED) is 0.857. The lowest BCUT2D eigenvalue weighted by Gasteiger charge is -2.12. The van der Waals surface area contributed by atoms with Gasteiger partial charge in [0.25, 0.3) is 0 Å². The van der Waals surface area contributed by atoms with Crippen molar-refractivity contribution in [1.82, 2.24) is 4.98 Å². The lowest BCUT2D eigenvalue weighted by molar-refractivity contribution is 0.264. The number of aliphatic hydroxyl groups is 1. The summed E-state index contributed by atoms with van der Waals surface area (Å²) in [7, 11) is 0. The normalized spacial score (nSPS) is 12.6. The molecule has 1 aromatic carbocycles. The second-order valence-corrected chi connectivity index (χ2v) is 4.40. The van der Waals surface area contributed by atoms with Gasteiger partial charge in [-0.1, -0.05) is 30.3 Å². The van der Waals surface area contributed by atoms with Crippen LogP contribution in [0.2, 0.25) is 0 Å². The third-order valence-corrected chi connectivity index (χ3v) is 3.20. The van der Waals surface area contributed by atoms with E-state index in [1.54, 1.807) is 17.5 Å². The number of nitrogens with zero attached hydrogens (tertiary/aromatic N) is 1. The van der Waals surface area contributed by atoms with Crippen molar-refractivity contribution in [2.75, 3.05) is 6.61 Å². The van der Waals surface area contributed by atoms with E-state index in [9.17, 15) is 5.11 Å². The van der Waals surface area contributed by atoms with E-state index < -0.39 is 0 Å². The summed E-state index contributed by atoms with van der Waals surface area (Å²) in [6, 6.07) is 10.1. The average Bonchev–Trinajstić information content (AvgIpc) is 2.80. The molecule has 0 radical (unpaired) electrons. The molecule has 1 unspecified atom stereocenters. The Hall–Kier alpha value is -1.19. The minimum Gasteiger partial charge on any atom is -0.396 e. The van der Waals surface area contributed by atoms with E-state index in [-0.39, 0.29) is 12.5 Å². The zero-order chi connectivity index (χ0) is 10.5. The highest BCUT2D eigenvalue weighted by Crippen LogP contribution is 2.21. The summed E-state index contributed by atoms with van der Waals surface area (Å²) in [5.41, 5.74) is 1.18. The van der Waals surface area contributed by atoms with Crippen LogP contribution in [0.25, 0.3) is 0 Å². The molecular weight excluding hydrogens is 206 g/mol. The van der Waals surface area contributed by atoms with Crippen molar-refractivity contribution in [3.05, 3.63) is 52.5 Å². The Morgan fingerprint density at radius 3 is 2.67 bits per heavy atom. The number of aliphatic hydroxyl groups excluding tert-OH is 1. The van der Waals surface area contributed by atoms with Gasteiger partial charge in [0.15, 0.2) is 0 Å². The van der Waals surface area contributed by atoms with Gasteiger partial charge in [-0.2, -0.15) is 0 Å². The summed E-state index contributed by atoms with van der Waals surface area (Å²) >= 11 is 1.64. The fourth-order valence-corrected chi connectivity index (χ4v) is 2.28. The molecular formula is C12H13NOS. The van der Waals surface area contributed by atoms with Crippen molar-refractivity contribution in [3.8, 4) is 0 Å². The van der Waals surface area contributed by atoms with Crippen LogP contribution in [-0.2, 0) is 6.42 Å². The van der Waals surface area contributed by atoms with Gasteiger partial charge < -0.3 is 5.11 Å². The molecule has 78 valence electrons. The van der Waals surface area contributed by atoms with Crippen molar-refractivity contribution in [1.29, 1.82) is 0 Å². The van der Waals surface area contributed by atoms with E-state index in [1.807, 2.05) is 23.6 Å². The molecule has 3 heteroatoms. The van der Waals surface area contributed by atoms with Crippen LogP contribution in [0.1, 0.15) is 16.5 Å². The number of rotatable bonds is 4. The minimum absolute atomic E-state index is 0.164. The lowest BCUT2D eigenvalue weighted by atomic mass is 9.97. The topological polar surface area (TPSA) is 33.1 Å². The van der Waals surface area contributed by atoms with Gasteiger partial charge in [0.1, 0.15) is 0 Å². The first-order valence-electron chi connectivity index (χ1n) is 4.94. The largest absolute Gasteiger partial charge is 0.396 e. The van der Waals surface area contributed by atoms with E-state index >= 15 is 0 Å². The summed E-state index contributed by atoms with van der Waals surface area (Å²) in [5.74, 6) is 0.164. The number of hydrogen-bond donors (Lipinski definition) is 1. The van der Waals surface area contributed by atoms with Gasteiger partial charge in [0.2, 0.25) is 0 Å². The minimum atomic E-state index is 0.164. The summed E-state index contributed by atoms with van der Waals surface area (Å²) in [6.07, 6.45) is 2.62. The van der Waals surface area contributed by atoms with Crippen LogP contribution in [0, 0.1) is 0 Å². The Labute approximate surface area is 93.2 Å². The van der Waals surface area contributed by atoms with E-state index in [1.165, 1.54) is 5.56 Å². The molecule has 1 N–H and O–H groups in total. The van der Waals surface area contributed by atoms with E-state index in [0.29, 0.717) is 0 Å². The molecule has 0 spiro atoms. The summed E-state index contributed by atoms with van der Waals surface area (Å²) < 4.78 is 0. The molecule has 0 bridgehead atoms. The Morgan fingerprint density at radius 2 is 2.07 bits per heavy atom. The Kier molecular flexibility index (Phi) is 3.48. The second kappa shape index (κ2) is 5.05.